The van der Waals surface area contributed by atoms with Crippen molar-refractivity contribution in [1.29, 1.82) is 0 Å². The van der Waals surface area contributed by atoms with E-state index < -0.39 is 0 Å². The summed E-state index contributed by atoms with van der Waals surface area (Å²) < 4.78 is 0. The summed E-state index contributed by atoms with van der Waals surface area (Å²) in [5.74, 6) is -0.193. The van der Waals surface area contributed by atoms with E-state index in [-0.39, 0.29) is 30.4 Å². The SMILES string of the molecule is CCC(C)N(CC(=O)N1CCc2sccc2C1c1ccc(Cl)cc1)C(=O)C=Cc1ccccc1. The molecule has 1 aliphatic heterocycles. The molecule has 0 spiro atoms. The Hall–Kier alpha value is -2.89. The quantitative estimate of drug-likeness (QED) is 0.367. The van der Waals surface area contributed by atoms with Crippen LogP contribution in [0.1, 0.15) is 47.9 Å². The molecule has 0 bridgehead atoms. The predicted octanol–water partition coefficient (Wildman–Crippen LogP) is 6.22. The second-order valence-electron chi connectivity index (χ2n) is 8.56. The van der Waals surface area contributed by atoms with Crippen LogP contribution in [0, 0.1) is 0 Å². The molecule has 1 aliphatic rings. The van der Waals surface area contributed by atoms with Crippen molar-refractivity contribution >= 4 is 40.8 Å². The second-order valence-corrected chi connectivity index (χ2v) is 9.99. The van der Waals surface area contributed by atoms with E-state index in [1.54, 1.807) is 28.4 Å². The fourth-order valence-corrected chi connectivity index (χ4v) is 5.35. The van der Waals surface area contributed by atoms with Gasteiger partial charge in [0.25, 0.3) is 0 Å². The van der Waals surface area contributed by atoms with Gasteiger partial charge in [0.1, 0.15) is 6.54 Å². The average Bonchev–Trinajstić information content (AvgIpc) is 3.35. The summed E-state index contributed by atoms with van der Waals surface area (Å²) in [7, 11) is 0. The predicted molar refractivity (Wildman–Crippen MR) is 140 cm³/mol. The van der Waals surface area contributed by atoms with Crippen LogP contribution >= 0.6 is 22.9 Å². The van der Waals surface area contributed by atoms with Gasteiger partial charge in [0.2, 0.25) is 11.8 Å². The van der Waals surface area contributed by atoms with E-state index in [0.717, 1.165) is 29.5 Å². The van der Waals surface area contributed by atoms with Crippen molar-refractivity contribution in [3.05, 3.63) is 98.7 Å². The van der Waals surface area contributed by atoms with Crippen molar-refractivity contribution in [2.45, 2.75) is 38.8 Å². The molecule has 3 aromatic rings. The van der Waals surface area contributed by atoms with Crippen LogP contribution in [0.15, 0.2) is 72.1 Å². The second kappa shape index (κ2) is 11.0. The maximum atomic E-state index is 13.7. The summed E-state index contributed by atoms with van der Waals surface area (Å²) in [4.78, 5) is 31.7. The van der Waals surface area contributed by atoms with E-state index in [0.29, 0.717) is 11.6 Å². The van der Waals surface area contributed by atoms with Gasteiger partial charge in [-0.05, 0) is 66.1 Å². The standard InChI is InChI=1S/C28H29ClN2O2S/c1-3-20(2)31(26(32)14-9-21-7-5-4-6-8-21)19-27(33)30-17-15-25-24(16-18-34-25)28(30)22-10-12-23(29)13-11-22/h4-14,16,18,20,28H,3,15,17,19H2,1-2H3. The van der Waals surface area contributed by atoms with E-state index in [2.05, 4.69) is 11.4 Å². The van der Waals surface area contributed by atoms with Gasteiger partial charge in [-0.3, -0.25) is 9.59 Å². The summed E-state index contributed by atoms with van der Waals surface area (Å²) in [6.07, 6.45) is 4.97. The molecular formula is C28H29ClN2O2S. The maximum Gasteiger partial charge on any atom is 0.247 e. The molecule has 4 nitrogen and oxygen atoms in total. The summed E-state index contributed by atoms with van der Waals surface area (Å²) in [6, 6.07) is 19.3. The Labute approximate surface area is 210 Å². The number of benzene rings is 2. The van der Waals surface area contributed by atoms with Gasteiger partial charge in [0.15, 0.2) is 0 Å². The van der Waals surface area contributed by atoms with Gasteiger partial charge in [0.05, 0.1) is 6.04 Å². The monoisotopic (exact) mass is 492 g/mol. The number of carbonyl (C=O) groups excluding carboxylic acids is 2. The van der Waals surface area contributed by atoms with Crippen molar-refractivity contribution < 1.29 is 9.59 Å². The first-order chi connectivity index (χ1) is 16.5. The highest BCUT2D eigenvalue weighted by atomic mass is 35.5. The smallest absolute Gasteiger partial charge is 0.247 e. The van der Waals surface area contributed by atoms with Gasteiger partial charge in [-0.1, -0.05) is 61.0 Å². The molecule has 1 aromatic heterocycles. The third kappa shape index (κ3) is 5.43. The van der Waals surface area contributed by atoms with Gasteiger partial charge >= 0.3 is 0 Å². The third-order valence-electron chi connectivity index (χ3n) is 6.40. The van der Waals surface area contributed by atoms with E-state index in [9.17, 15) is 9.59 Å². The third-order valence-corrected chi connectivity index (χ3v) is 7.65. The van der Waals surface area contributed by atoms with Crippen LogP contribution in [0.3, 0.4) is 0 Å². The van der Waals surface area contributed by atoms with Crippen molar-refractivity contribution in [2.24, 2.45) is 0 Å². The average molecular weight is 493 g/mol. The largest absolute Gasteiger partial charge is 0.330 e. The molecule has 2 unspecified atom stereocenters. The Morgan fingerprint density at radius 3 is 2.59 bits per heavy atom. The lowest BCUT2D eigenvalue weighted by Gasteiger charge is -2.38. The van der Waals surface area contributed by atoms with E-state index in [1.807, 2.05) is 73.3 Å². The number of nitrogens with zero attached hydrogens (tertiary/aromatic N) is 2. The van der Waals surface area contributed by atoms with E-state index >= 15 is 0 Å². The molecule has 0 N–H and O–H groups in total. The number of fused-ring (bicyclic) bond motifs is 1. The Morgan fingerprint density at radius 2 is 1.88 bits per heavy atom. The van der Waals surface area contributed by atoms with Gasteiger partial charge in [0, 0.05) is 28.6 Å². The van der Waals surface area contributed by atoms with Crippen molar-refractivity contribution in [1.82, 2.24) is 9.80 Å². The van der Waals surface area contributed by atoms with E-state index in [4.69, 9.17) is 11.6 Å². The van der Waals surface area contributed by atoms with Gasteiger partial charge in [-0.15, -0.1) is 11.3 Å². The number of amides is 2. The molecule has 34 heavy (non-hydrogen) atoms. The Balaban J connectivity index is 1.58. The molecule has 2 atom stereocenters. The molecule has 2 amide bonds. The van der Waals surface area contributed by atoms with E-state index in [1.165, 1.54) is 4.88 Å². The van der Waals surface area contributed by atoms with Crippen LogP contribution in [0.2, 0.25) is 5.02 Å². The zero-order chi connectivity index (χ0) is 24.1. The zero-order valence-corrected chi connectivity index (χ0v) is 21.1. The fourth-order valence-electron chi connectivity index (χ4n) is 4.32. The first kappa shape index (κ1) is 24.2. The minimum Gasteiger partial charge on any atom is -0.330 e. The number of hydrogen-bond donors (Lipinski definition) is 0. The number of carbonyl (C=O) groups is 2. The Bertz CT molecular complexity index is 1160. The number of halogens is 1. The molecule has 2 heterocycles. The molecule has 0 fully saturated rings. The molecule has 0 saturated carbocycles. The number of thiophene rings is 1. The zero-order valence-electron chi connectivity index (χ0n) is 19.5. The summed E-state index contributed by atoms with van der Waals surface area (Å²) >= 11 is 7.86. The lowest BCUT2D eigenvalue weighted by atomic mass is 9.93. The van der Waals surface area contributed by atoms with Crippen LogP contribution in [0.4, 0.5) is 0 Å². The minimum atomic E-state index is -0.173. The number of hydrogen-bond acceptors (Lipinski definition) is 3. The van der Waals surface area contributed by atoms with Crippen LogP contribution in [-0.4, -0.2) is 40.7 Å². The molecule has 176 valence electrons. The van der Waals surface area contributed by atoms with Crippen LogP contribution in [-0.2, 0) is 16.0 Å². The molecule has 0 radical (unpaired) electrons. The molecule has 4 rings (SSSR count). The molecular weight excluding hydrogens is 464 g/mol. The maximum absolute atomic E-state index is 13.7. The first-order valence-corrected chi connectivity index (χ1v) is 12.9. The minimum absolute atomic E-state index is 0.0430. The highest BCUT2D eigenvalue weighted by molar-refractivity contribution is 7.10. The lowest BCUT2D eigenvalue weighted by Crippen LogP contribution is -2.48. The molecule has 0 aliphatic carbocycles. The van der Waals surface area contributed by atoms with Crippen molar-refractivity contribution in [2.75, 3.05) is 13.1 Å². The van der Waals surface area contributed by atoms with Crippen molar-refractivity contribution in [3.8, 4) is 0 Å². The molecule has 6 heteroatoms. The Morgan fingerprint density at radius 1 is 1.15 bits per heavy atom. The molecule has 0 saturated heterocycles. The summed E-state index contributed by atoms with van der Waals surface area (Å²) in [6.45, 7) is 4.70. The van der Waals surface area contributed by atoms with Crippen molar-refractivity contribution in [3.63, 3.8) is 0 Å². The normalized spacial score (nSPS) is 16.3. The molecule has 2 aromatic carbocycles. The number of rotatable bonds is 7. The summed E-state index contributed by atoms with van der Waals surface area (Å²) in [5, 5.41) is 2.76. The lowest BCUT2D eigenvalue weighted by molar-refractivity contribution is -0.141. The fraction of sp³-hybridized carbons (Fsp3) is 0.286. The summed E-state index contributed by atoms with van der Waals surface area (Å²) in [5.41, 5.74) is 3.15. The van der Waals surface area contributed by atoms with Gasteiger partial charge < -0.3 is 9.80 Å². The van der Waals surface area contributed by atoms with Gasteiger partial charge in [-0.25, -0.2) is 0 Å². The first-order valence-electron chi connectivity index (χ1n) is 11.6. The topological polar surface area (TPSA) is 40.6 Å². The highest BCUT2D eigenvalue weighted by Gasteiger charge is 2.34. The Kier molecular flexibility index (Phi) is 7.86. The van der Waals surface area contributed by atoms with Crippen LogP contribution < -0.4 is 0 Å². The van der Waals surface area contributed by atoms with Gasteiger partial charge in [-0.2, -0.15) is 0 Å². The van der Waals surface area contributed by atoms with Crippen LogP contribution in [0.25, 0.3) is 6.08 Å². The van der Waals surface area contributed by atoms with Crippen LogP contribution in [0.5, 0.6) is 0 Å². The highest BCUT2D eigenvalue weighted by Crippen LogP contribution is 2.38.